The van der Waals surface area contributed by atoms with E-state index in [9.17, 15) is 72.5 Å². The molecule has 39 heteroatoms. The monoisotopic (exact) mass is 2030 g/mol. The lowest BCUT2D eigenvalue weighted by Crippen LogP contribution is -2.50. The molecule has 784 valence electrons. The molecule has 9 aliphatic rings. The van der Waals surface area contributed by atoms with Gasteiger partial charge < -0.3 is 89.2 Å². The van der Waals surface area contributed by atoms with Gasteiger partial charge in [0, 0.05) is 147 Å². The standard InChI is InChI=1S/C107H134N12O26S/c1-66(2)98(114-100(129)75(16-10-11-38-109-96(126)37-45-137-5)52-80(121)17-14-41-115-97(127)58-94(146-8)105(115)134)90(124)49-68(4)99(128)113-78-31-27-73(28-32-78)76-53-89-104(133)119-87-57-93(92(139-7)55-85(87)102(131)117(89)61-76)143-44-13-9-12-43-142-91-56-86-84(48-67(91)3)101(130)116-62-77(74-29-34-83(138-6)35-30-74)54-88(116)103(132)118(86)106(135)144-63-72-25-21-70(22-26-72)51-82(123)60-111-112-65-141-42-15-18-79(120)33-36-95(125)110-40-47-140-46-39-108-59-81(122)50-69-19-23-71(24-20-69)64-145-107(119)136/h19-32,34-35,48,53-57,66,68,75,88-89,94,98,103-104,108,111-112,132-133H,9-18,33,36-47,49-52,58-65H2,1-8H3,(H,109,126)(H,110,125)(H,113,128)(H,114,129). The number of nitrogens with one attached hydrogen (secondary N) is 7. The van der Waals surface area contributed by atoms with Crippen molar-refractivity contribution in [3.8, 4) is 23.0 Å². The van der Waals surface area contributed by atoms with E-state index in [0.717, 1.165) is 20.9 Å². The number of fused-ring (bicyclic) bond motifs is 2. The number of methoxy groups -OCH3 is 3. The number of aryl methyl sites for hydroxylation is 1. The highest BCUT2D eigenvalue weighted by Crippen LogP contribution is 2.45. The van der Waals surface area contributed by atoms with Gasteiger partial charge in [-0.1, -0.05) is 112 Å². The number of carbonyl (C=O) groups excluding carboxylic acids is 15. The molecule has 10 amide bonds. The molecule has 9 N–H and O–H groups in total. The van der Waals surface area contributed by atoms with Crippen molar-refractivity contribution in [3.63, 3.8) is 0 Å². The Morgan fingerprint density at radius 1 is 0.575 bits per heavy atom. The first-order valence-corrected chi connectivity index (χ1v) is 51.0. The number of carbonyl (C=O) groups is 15. The van der Waals surface area contributed by atoms with Crippen LogP contribution < -0.4 is 66.2 Å². The zero-order chi connectivity index (χ0) is 104. The van der Waals surface area contributed by atoms with Crippen LogP contribution in [0.5, 0.6) is 23.0 Å². The molecular formula is C107H134N12O26S. The average molecular weight is 2040 g/mol. The van der Waals surface area contributed by atoms with Crippen LogP contribution in [0.3, 0.4) is 0 Å². The number of aliphatic hydroxyl groups excluding tert-OH is 2. The Hall–Kier alpha value is -13.1. The van der Waals surface area contributed by atoms with Gasteiger partial charge in [0.15, 0.2) is 41.3 Å². The highest BCUT2D eigenvalue weighted by molar-refractivity contribution is 8.00. The van der Waals surface area contributed by atoms with Crippen molar-refractivity contribution in [2.75, 3.05) is 141 Å². The largest absolute Gasteiger partial charge is 0.497 e. The lowest BCUT2D eigenvalue weighted by Gasteiger charge is -2.31. The van der Waals surface area contributed by atoms with E-state index in [1.165, 1.54) is 52.8 Å². The number of likely N-dealkylation sites (tertiary alicyclic amines) is 1. The molecule has 6 aromatic rings. The number of thioether (sulfide) groups is 1. The second-order valence-corrected chi connectivity index (χ2v) is 38.3. The van der Waals surface area contributed by atoms with Crippen molar-refractivity contribution in [1.82, 2.24) is 46.8 Å². The number of aliphatic hydroxyl groups is 2. The normalized spacial score (nSPS) is 20.2. The fraction of sp³-hybridized carbons (Fsp3) is 0.486. The molecule has 8 unspecified atom stereocenters. The first kappa shape index (κ1) is 112. The third-order valence-electron chi connectivity index (χ3n) is 26.2. The van der Waals surface area contributed by atoms with E-state index in [0.29, 0.717) is 108 Å². The molecule has 8 bridgehead atoms. The van der Waals surface area contributed by atoms with Crippen LogP contribution >= 0.6 is 11.8 Å². The van der Waals surface area contributed by atoms with Gasteiger partial charge in [-0.25, -0.2) is 30.2 Å². The Bertz CT molecular complexity index is 5680. The summed E-state index contributed by atoms with van der Waals surface area (Å²) in [7, 11) is 4.44. The number of anilines is 3. The third-order valence-corrected chi connectivity index (χ3v) is 27.1. The number of rotatable bonds is 27. The van der Waals surface area contributed by atoms with Gasteiger partial charge in [0.2, 0.25) is 35.4 Å². The maximum absolute atomic E-state index is 15.3. The minimum Gasteiger partial charge on any atom is -0.497 e. The lowest BCUT2D eigenvalue weighted by atomic mass is 9.90. The molecule has 8 atom stereocenters. The summed E-state index contributed by atoms with van der Waals surface area (Å²) in [5, 5.41) is 39.2. The first-order chi connectivity index (χ1) is 70.4. The molecule has 0 spiro atoms. The fourth-order valence-electron chi connectivity index (χ4n) is 17.9. The number of nitrogens with zero attached hydrogens (tertiary/aromatic N) is 5. The van der Waals surface area contributed by atoms with Crippen molar-refractivity contribution in [3.05, 3.63) is 184 Å². The Morgan fingerprint density at radius 3 is 1.76 bits per heavy atom. The van der Waals surface area contributed by atoms with Gasteiger partial charge in [0.1, 0.15) is 43.0 Å². The number of unbranched alkanes of at least 4 members (excludes halogenated alkanes) is 1. The summed E-state index contributed by atoms with van der Waals surface area (Å²) in [5.74, 6) is -5.25. The van der Waals surface area contributed by atoms with Crippen LogP contribution in [0.4, 0.5) is 26.7 Å². The Labute approximate surface area is 853 Å². The molecule has 0 radical (unpaired) electrons. The van der Waals surface area contributed by atoms with Crippen molar-refractivity contribution in [2.24, 2.45) is 17.8 Å². The predicted octanol–water partition coefficient (Wildman–Crippen LogP) is 9.41. The number of Topliss-reactive ketones (excluding diaryl/α,β-unsaturated/α-hetero) is 5. The van der Waals surface area contributed by atoms with Crippen LogP contribution in [0, 0.1) is 24.7 Å². The van der Waals surface area contributed by atoms with Gasteiger partial charge in [-0.05, 0) is 151 Å². The minimum absolute atomic E-state index is 0.00137. The quantitative estimate of drug-likeness (QED) is 0.0171. The highest BCUT2D eigenvalue weighted by Gasteiger charge is 2.48. The van der Waals surface area contributed by atoms with Crippen LogP contribution in [-0.4, -0.2) is 275 Å². The van der Waals surface area contributed by atoms with Gasteiger partial charge in [-0.2, -0.15) is 11.8 Å². The molecule has 9 aliphatic heterocycles. The molecule has 146 heavy (non-hydrogen) atoms. The number of benzene rings is 6. The van der Waals surface area contributed by atoms with E-state index < -0.39 is 95.2 Å². The molecule has 38 nitrogen and oxygen atoms in total. The SMILES string of the molecule is COCCC(=O)NCCCCC(CC(=O)CCCN1C(=O)CC(SC)C1=O)C(=O)NC(C(=O)CC(C)C(=O)Nc1ccc(C2=CC3C(O)N4C(=O)OCc5ccc(cc5)CC(=O)CNCCOCCNC(=O)CCC(=O)CCCOCNNCC(=O)Cc5ccc(cc5)COC(=O)N5c6cc(c(C)cc6C(=O)N6CC(c7ccc(OC)cc7)=CC6C5O)OCCCCCOc5cc4c(cc5OC)C(=O)N3C2)cc1)C(C)C. The third kappa shape index (κ3) is 31.2. The number of hydrogen-bond donors (Lipinski definition) is 9. The van der Waals surface area contributed by atoms with Gasteiger partial charge in [0.25, 0.3) is 11.8 Å². The summed E-state index contributed by atoms with van der Waals surface area (Å²) in [5.41, 5.74) is 11.8. The maximum atomic E-state index is 15.3. The lowest BCUT2D eigenvalue weighted by molar-refractivity contribution is -0.139. The van der Waals surface area contributed by atoms with Gasteiger partial charge in [0.05, 0.1) is 106 Å². The van der Waals surface area contributed by atoms with Crippen molar-refractivity contribution in [1.29, 1.82) is 0 Å². The Balaban J connectivity index is 0.719. The molecular weight excluding hydrogens is 1900 g/mol. The summed E-state index contributed by atoms with van der Waals surface area (Å²) >= 11 is 1.29. The average Bonchev–Trinajstić information content (AvgIpc) is 1.60. The number of imide groups is 1. The van der Waals surface area contributed by atoms with E-state index in [4.69, 9.17) is 42.6 Å². The molecule has 1 fully saturated rings. The topological polar surface area (TPSA) is 480 Å². The smallest absolute Gasteiger partial charge is 0.416 e. The number of hydrogen-bond acceptors (Lipinski definition) is 30. The number of hydrazine groups is 1. The second-order valence-electron chi connectivity index (χ2n) is 37.3. The zero-order valence-corrected chi connectivity index (χ0v) is 84.8. The number of ether oxygens (including phenoxy) is 9. The number of amides is 10. The van der Waals surface area contributed by atoms with Gasteiger partial charge in [-0.3, -0.25) is 67.2 Å². The molecule has 6 aromatic carbocycles. The molecule has 9 heterocycles. The van der Waals surface area contributed by atoms with Crippen molar-refractivity contribution < 1.29 is 125 Å². The van der Waals surface area contributed by atoms with E-state index in [1.807, 2.05) is 12.1 Å². The van der Waals surface area contributed by atoms with Crippen LogP contribution in [0.15, 0.2) is 133 Å². The van der Waals surface area contributed by atoms with Gasteiger partial charge >= 0.3 is 12.2 Å². The summed E-state index contributed by atoms with van der Waals surface area (Å²) < 4.78 is 52.4. The van der Waals surface area contributed by atoms with Crippen molar-refractivity contribution >= 4 is 128 Å². The molecule has 15 rings (SSSR count). The molecule has 0 aromatic heterocycles. The van der Waals surface area contributed by atoms with E-state index in [-0.39, 0.29) is 257 Å². The van der Waals surface area contributed by atoms with Crippen molar-refractivity contribution in [2.45, 2.75) is 192 Å². The van der Waals surface area contributed by atoms with Crippen LogP contribution in [0.1, 0.15) is 183 Å². The predicted molar refractivity (Wildman–Crippen MR) is 542 cm³/mol. The molecule has 0 aliphatic carbocycles. The molecule has 0 saturated carbocycles. The number of ketones is 5. The Morgan fingerprint density at radius 2 is 1.16 bits per heavy atom. The fourth-order valence-corrected chi connectivity index (χ4v) is 18.6. The summed E-state index contributed by atoms with van der Waals surface area (Å²) in [6.45, 7) is 8.55. The van der Waals surface area contributed by atoms with Crippen LogP contribution in [0.2, 0.25) is 0 Å². The molecule has 1 saturated heterocycles. The van der Waals surface area contributed by atoms with Crippen LogP contribution in [0.25, 0.3) is 11.1 Å². The summed E-state index contributed by atoms with van der Waals surface area (Å²) in [6, 6.07) is 30.5. The zero-order valence-electron chi connectivity index (χ0n) is 84.0. The van der Waals surface area contributed by atoms with E-state index in [1.54, 1.807) is 150 Å². The Kier molecular flexibility index (Phi) is 42.4. The minimum atomic E-state index is -1.79. The van der Waals surface area contributed by atoms with E-state index in [2.05, 4.69) is 37.4 Å². The second kappa shape index (κ2) is 55.4. The van der Waals surface area contributed by atoms with Crippen LogP contribution in [-0.2, 0) is 102 Å². The van der Waals surface area contributed by atoms with E-state index >= 15 is 9.59 Å². The van der Waals surface area contributed by atoms with Gasteiger partial charge in [-0.15, -0.1) is 0 Å². The summed E-state index contributed by atoms with van der Waals surface area (Å²) in [6.07, 6.45) is 3.24. The first-order valence-electron chi connectivity index (χ1n) is 49.7. The maximum Gasteiger partial charge on any atom is 0.416 e. The highest BCUT2D eigenvalue weighted by atomic mass is 32.2. The summed E-state index contributed by atoms with van der Waals surface area (Å²) in [4.78, 5) is 211.